The predicted octanol–water partition coefficient (Wildman–Crippen LogP) is 3.90. The van der Waals surface area contributed by atoms with Gasteiger partial charge in [-0.25, -0.2) is 0 Å². The summed E-state index contributed by atoms with van der Waals surface area (Å²) in [6.07, 6.45) is 5.45. The van der Waals surface area contributed by atoms with Crippen molar-refractivity contribution in [3.8, 4) is 0 Å². The van der Waals surface area contributed by atoms with Crippen LogP contribution in [0.3, 0.4) is 0 Å². The van der Waals surface area contributed by atoms with E-state index in [1.165, 1.54) is 4.90 Å². The van der Waals surface area contributed by atoms with Gasteiger partial charge in [0.1, 0.15) is 6.04 Å². The zero-order valence-electron chi connectivity index (χ0n) is 20.2. The van der Waals surface area contributed by atoms with E-state index in [4.69, 9.17) is 16.3 Å². The molecule has 0 bridgehead atoms. The minimum atomic E-state index is -0.885. The number of aliphatic hydroxyl groups is 1. The Morgan fingerprint density at radius 1 is 1.21 bits per heavy atom. The number of halogens is 1. The number of ether oxygens (including phenoxy) is 1. The van der Waals surface area contributed by atoms with Crippen LogP contribution in [-0.4, -0.2) is 53.1 Å². The number of likely N-dealkylation sites (tertiary alicyclic amines) is 1. The van der Waals surface area contributed by atoms with Crippen molar-refractivity contribution < 1.29 is 24.2 Å². The van der Waals surface area contributed by atoms with Gasteiger partial charge in [-0.2, -0.15) is 0 Å². The van der Waals surface area contributed by atoms with Crippen LogP contribution in [0.1, 0.15) is 40.5 Å². The molecule has 2 N–H and O–H groups in total. The number of nitrogens with one attached hydrogen (secondary N) is 1. The van der Waals surface area contributed by atoms with Crippen LogP contribution in [0.4, 0.5) is 5.69 Å². The van der Waals surface area contributed by atoms with Gasteiger partial charge in [0.2, 0.25) is 11.8 Å². The van der Waals surface area contributed by atoms with Gasteiger partial charge in [0.25, 0.3) is 0 Å². The van der Waals surface area contributed by atoms with E-state index in [0.29, 0.717) is 10.7 Å². The van der Waals surface area contributed by atoms with E-state index in [1.54, 1.807) is 31.2 Å². The molecule has 1 saturated heterocycles. The summed E-state index contributed by atoms with van der Waals surface area (Å²) in [6.45, 7) is 7.51. The lowest BCUT2D eigenvalue weighted by Crippen LogP contribution is -2.52. The lowest BCUT2D eigenvalue weighted by Gasteiger charge is -2.35. The average molecular weight is 491 g/mol. The standard InChI is InChI=1S/C26H35ClN2O5/c1-5-9-16-12-13-17-22(21(16)26(33)34-6-2)25(32)29(20(14-30)15(3)4)23(17)24(31)28-19-11-8-7-10-18(19)27/h7-8,10-13,15-17,20-23,30H,5-6,9,14H2,1-4H3,(H,28,31)/t16-,17+,20+,21-,22-,23+/m1/s1. The number of esters is 1. The lowest BCUT2D eigenvalue weighted by atomic mass is 9.69. The molecule has 1 aromatic carbocycles. The Morgan fingerprint density at radius 3 is 2.50 bits per heavy atom. The van der Waals surface area contributed by atoms with Crippen molar-refractivity contribution in [3.63, 3.8) is 0 Å². The molecule has 34 heavy (non-hydrogen) atoms. The van der Waals surface area contributed by atoms with Crippen LogP contribution in [0.5, 0.6) is 0 Å². The Bertz CT molecular complexity index is 934. The molecular formula is C26H35ClN2O5. The third-order valence-corrected chi connectivity index (χ3v) is 7.27. The van der Waals surface area contributed by atoms with Crippen molar-refractivity contribution in [1.29, 1.82) is 0 Å². The Kier molecular flexibility index (Phi) is 8.77. The van der Waals surface area contributed by atoms with Crippen LogP contribution in [0.15, 0.2) is 36.4 Å². The highest BCUT2D eigenvalue weighted by Crippen LogP contribution is 2.47. The number of allylic oxidation sites excluding steroid dienone is 1. The largest absolute Gasteiger partial charge is 0.466 e. The molecule has 7 nitrogen and oxygen atoms in total. The van der Waals surface area contributed by atoms with Crippen LogP contribution >= 0.6 is 11.6 Å². The molecule has 0 radical (unpaired) electrons. The number of rotatable bonds is 9. The molecule has 6 atom stereocenters. The minimum Gasteiger partial charge on any atom is -0.466 e. The molecule has 0 unspecified atom stereocenters. The molecule has 0 aromatic heterocycles. The highest BCUT2D eigenvalue weighted by atomic mass is 35.5. The molecule has 1 aliphatic carbocycles. The van der Waals surface area contributed by atoms with Crippen molar-refractivity contribution in [2.75, 3.05) is 18.5 Å². The Labute approximate surface area is 206 Å². The monoisotopic (exact) mass is 490 g/mol. The van der Waals surface area contributed by atoms with E-state index in [2.05, 4.69) is 5.32 Å². The second-order valence-electron chi connectivity index (χ2n) is 9.37. The van der Waals surface area contributed by atoms with Crippen LogP contribution in [-0.2, 0) is 19.1 Å². The second kappa shape index (κ2) is 11.4. The summed E-state index contributed by atoms with van der Waals surface area (Å²) in [7, 11) is 0. The molecule has 1 fully saturated rings. The molecule has 1 heterocycles. The number of anilines is 1. The van der Waals surface area contributed by atoms with Crippen molar-refractivity contribution in [2.24, 2.45) is 29.6 Å². The first-order valence-corrected chi connectivity index (χ1v) is 12.5. The van der Waals surface area contributed by atoms with Crippen LogP contribution in [0.25, 0.3) is 0 Å². The quantitative estimate of drug-likeness (QED) is 0.404. The van der Waals surface area contributed by atoms with E-state index in [9.17, 15) is 19.5 Å². The first-order valence-electron chi connectivity index (χ1n) is 12.1. The molecule has 0 saturated carbocycles. The van der Waals surface area contributed by atoms with Gasteiger partial charge in [0.15, 0.2) is 0 Å². The molecule has 1 aromatic rings. The van der Waals surface area contributed by atoms with Crippen LogP contribution < -0.4 is 5.32 Å². The summed E-state index contributed by atoms with van der Waals surface area (Å²) >= 11 is 6.26. The molecule has 3 rings (SSSR count). The number of nitrogens with zero attached hydrogens (tertiary/aromatic N) is 1. The van der Waals surface area contributed by atoms with E-state index in [0.717, 1.165) is 12.8 Å². The summed E-state index contributed by atoms with van der Waals surface area (Å²) < 4.78 is 5.38. The number of para-hydroxylation sites is 1. The molecule has 1 aliphatic heterocycles. The third kappa shape index (κ3) is 5.01. The number of benzene rings is 1. The van der Waals surface area contributed by atoms with Gasteiger partial charge in [-0.1, -0.05) is 63.1 Å². The fourth-order valence-corrected chi connectivity index (χ4v) is 5.54. The highest BCUT2D eigenvalue weighted by Gasteiger charge is 2.59. The van der Waals surface area contributed by atoms with E-state index >= 15 is 0 Å². The number of carbonyl (C=O) groups excluding carboxylic acids is 3. The number of aliphatic hydroxyl groups excluding tert-OH is 1. The maximum Gasteiger partial charge on any atom is 0.310 e. The fraction of sp³-hybridized carbons (Fsp3) is 0.577. The number of hydrogen-bond acceptors (Lipinski definition) is 5. The van der Waals surface area contributed by atoms with Gasteiger partial charge in [0, 0.05) is 5.92 Å². The zero-order valence-corrected chi connectivity index (χ0v) is 21.0. The maximum absolute atomic E-state index is 13.9. The van der Waals surface area contributed by atoms with Gasteiger partial charge >= 0.3 is 5.97 Å². The van der Waals surface area contributed by atoms with Crippen LogP contribution in [0.2, 0.25) is 5.02 Å². The summed E-state index contributed by atoms with van der Waals surface area (Å²) in [5, 5.41) is 13.4. The van der Waals surface area contributed by atoms with Gasteiger partial charge < -0.3 is 20.1 Å². The van der Waals surface area contributed by atoms with E-state index in [-0.39, 0.29) is 31.0 Å². The average Bonchev–Trinajstić information content (AvgIpc) is 3.08. The maximum atomic E-state index is 13.9. The summed E-state index contributed by atoms with van der Waals surface area (Å²) in [6, 6.07) is 5.44. The number of amides is 2. The zero-order chi connectivity index (χ0) is 25.0. The van der Waals surface area contributed by atoms with Crippen molar-refractivity contribution in [1.82, 2.24) is 4.90 Å². The van der Waals surface area contributed by atoms with Crippen LogP contribution in [0, 0.1) is 29.6 Å². The predicted molar refractivity (Wildman–Crippen MR) is 131 cm³/mol. The normalized spacial score (nSPS) is 27.0. The molecule has 0 spiro atoms. The minimum absolute atomic E-state index is 0.0961. The first-order chi connectivity index (χ1) is 16.3. The number of hydrogen-bond donors (Lipinski definition) is 2. The summed E-state index contributed by atoms with van der Waals surface area (Å²) in [5.41, 5.74) is 0.445. The van der Waals surface area contributed by atoms with E-state index in [1.807, 2.05) is 32.9 Å². The number of fused-ring (bicyclic) bond motifs is 1. The summed E-state index contributed by atoms with van der Waals surface area (Å²) in [4.78, 5) is 42.1. The molecular weight excluding hydrogens is 456 g/mol. The first kappa shape index (κ1) is 26.2. The highest BCUT2D eigenvalue weighted by molar-refractivity contribution is 6.33. The smallest absolute Gasteiger partial charge is 0.310 e. The molecule has 2 aliphatic rings. The molecule has 8 heteroatoms. The van der Waals surface area contributed by atoms with E-state index < -0.39 is 41.7 Å². The van der Waals surface area contributed by atoms with Gasteiger partial charge in [-0.15, -0.1) is 0 Å². The summed E-state index contributed by atoms with van der Waals surface area (Å²) in [5.74, 6) is -3.26. The fourth-order valence-electron chi connectivity index (χ4n) is 5.36. The molecule has 2 amide bonds. The van der Waals surface area contributed by atoms with Gasteiger partial charge in [0.05, 0.1) is 41.8 Å². The van der Waals surface area contributed by atoms with Crippen molar-refractivity contribution in [2.45, 2.75) is 52.6 Å². The molecule has 186 valence electrons. The lowest BCUT2D eigenvalue weighted by molar-refractivity contribution is -0.156. The Hall–Kier alpha value is -2.38. The SMILES string of the molecule is CCC[C@@H]1C=C[C@H]2[C@@H](C(=O)N([C@@H](CO)C(C)C)[C@@H]2C(=O)Nc2ccccc2Cl)[C@@H]1C(=O)OCC. The second-order valence-corrected chi connectivity index (χ2v) is 9.78. The Balaban J connectivity index is 2.07. The third-order valence-electron chi connectivity index (χ3n) is 6.94. The topological polar surface area (TPSA) is 95.9 Å². The number of carbonyl (C=O) groups is 3. The van der Waals surface area contributed by atoms with Gasteiger partial charge in [-0.05, 0) is 37.3 Å². The van der Waals surface area contributed by atoms with Crippen molar-refractivity contribution in [3.05, 3.63) is 41.4 Å². The van der Waals surface area contributed by atoms with Crippen molar-refractivity contribution >= 4 is 35.1 Å². The Morgan fingerprint density at radius 2 is 1.91 bits per heavy atom. The van der Waals surface area contributed by atoms with Gasteiger partial charge in [-0.3, -0.25) is 14.4 Å².